The lowest BCUT2D eigenvalue weighted by molar-refractivity contribution is -0.115. The molecule has 2 aromatic carbocycles. The number of carbonyl (C=O) groups is 2. The van der Waals surface area contributed by atoms with E-state index >= 15 is 0 Å². The first-order chi connectivity index (χ1) is 10.1. The Hall–Kier alpha value is -2.62. The summed E-state index contributed by atoms with van der Waals surface area (Å²) in [4.78, 5) is 22.5. The molecule has 2 N–H and O–H groups in total. The molecule has 106 valence electrons. The van der Waals surface area contributed by atoms with E-state index in [1.165, 1.54) is 6.92 Å². The molecule has 1 aliphatic heterocycles. The molecule has 0 bridgehead atoms. The molecule has 0 aromatic heterocycles. The Balaban J connectivity index is 1.79. The van der Waals surface area contributed by atoms with E-state index in [4.69, 9.17) is 0 Å². The van der Waals surface area contributed by atoms with E-state index in [2.05, 4.69) is 16.7 Å². The van der Waals surface area contributed by atoms with Gasteiger partial charge in [-0.05, 0) is 41.3 Å². The van der Waals surface area contributed by atoms with Crippen LogP contribution in [0.15, 0.2) is 42.5 Å². The van der Waals surface area contributed by atoms with Crippen molar-refractivity contribution in [3.8, 4) is 0 Å². The van der Waals surface area contributed by atoms with Gasteiger partial charge in [-0.15, -0.1) is 0 Å². The van der Waals surface area contributed by atoms with E-state index in [0.717, 1.165) is 34.5 Å². The van der Waals surface area contributed by atoms with E-state index in [0.29, 0.717) is 6.42 Å². The third-order valence-corrected chi connectivity index (χ3v) is 3.45. The van der Waals surface area contributed by atoms with Crippen LogP contribution in [0.2, 0.25) is 0 Å². The number of benzene rings is 2. The average molecular weight is 280 g/mol. The molecule has 0 saturated heterocycles. The number of hydrogen-bond donors (Lipinski definition) is 2. The first-order valence-corrected chi connectivity index (χ1v) is 6.88. The summed E-state index contributed by atoms with van der Waals surface area (Å²) in [5, 5.41) is 5.62. The van der Waals surface area contributed by atoms with Crippen LogP contribution in [0.3, 0.4) is 0 Å². The fraction of sp³-hybridized carbons (Fsp3) is 0.176. The number of nitrogens with one attached hydrogen (secondary N) is 2. The summed E-state index contributed by atoms with van der Waals surface area (Å²) in [6.07, 6.45) is 1.23. The van der Waals surface area contributed by atoms with Crippen LogP contribution in [0, 0.1) is 0 Å². The second-order valence-electron chi connectivity index (χ2n) is 5.27. The molecule has 21 heavy (non-hydrogen) atoms. The summed E-state index contributed by atoms with van der Waals surface area (Å²) in [6, 6.07) is 13.8. The van der Waals surface area contributed by atoms with Gasteiger partial charge in [0, 0.05) is 18.3 Å². The molecule has 0 spiro atoms. The number of amides is 2. The minimum absolute atomic E-state index is 0.0507. The van der Waals surface area contributed by atoms with Gasteiger partial charge in [0.1, 0.15) is 0 Å². The van der Waals surface area contributed by atoms with E-state index in [1.807, 2.05) is 36.4 Å². The molecule has 2 aromatic rings. The van der Waals surface area contributed by atoms with Crippen molar-refractivity contribution in [3.63, 3.8) is 0 Å². The fourth-order valence-corrected chi connectivity index (χ4v) is 2.59. The van der Waals surface area contributed by atoms with E-state index < -0.39 is 0 Å². The number of carbonyl (C=O) groups excluding carboxylic acids is 2. The Labute approximate surface area is 123 Å². The van der Waals surface area contributed by atoms with Gasteiger partial charge >= 0.3 is 0 Å². The molecule has 2 amide bonds. The van der Waals surface area contributed by atoms with Crippen LogP contribution in [0.25, 0.3) is 0 Å². The van der Waals surface area contributed by atoms with Crippen molar-refractivity contribution in [1.29, 1.82) is 0 Å². The molecule has 1 heterocycles. The first kappa shape index (κ1) is 13.4. The highest BCUT2D eigenvalue weighted by molar-refractivity contribution is 5.99. The molecular formula is C17H16N2O2. The van der Waals surface area contributed by atoms with Crippen LogP contribution in [0.4, 0.5) is 11.4 Å². The SMILES string of the molecule is CC(=O)Nc1cccc(Cc2ccc3c(c2)CC(=O)N3)c1. The highest BCUT2D eigenvalue weighted by atomic mass is 16.2. The molecule has 4 nitrogen and oxygen atoms in total. The summed E-state index contributed by atoms with van der Waals surface area (Å²) in [6.45, 7) is 1.50. The Bertz CT molecular complexity index is 722. The highest BCUT2D eigenvalue weighted by Gasteiger charge is 2.17. The first-order valence-electron chi connectivity index (χ1n) is 6.88. The lowest BCUT2D eigenvalue weighted by Gasteiger charge is -2.07. The topological polar surface area (TPSA) is 58.2 Å². The van der Waals surface area contributed by atoms with Crippen LogP contribution < -0.4 is 10.6 Å². The molecule has 3 rings (SSSR count). The van der Waals surface area contributed by atoms with Crippen molar-refractivity contribution in [3.05, 3.63) is 59.2 Å². The fourth-order valence-electron chi connectivity index (χ4n) is 2.59. The molecule has 4 heteroatoms. The molecule has 0 unspecified atom stereocenters. The van der Waals surface area contributed by atoms with Gasteiger partial charge in [-0.3, -0.25) is 9.59 Å². The quantitative estimate of drug-likeness (QED) is 0.908. The lowest BCUT2D eigenvalue weighted by Crippen LogP contribution is -2.05. The highest BCUT2D eigenvalue weighted by Crippen LogP contribution is 2.25. The average Bonchev–Trinajstić information content (AvgIpc) is 2.77. The summed E-state index contributed by atoms with van der Waals surface area (Å²) < 4.78 is 0. The van der Waals surface area contributed by atoms with E-state index in [9.17, 15) is 9.59 Å². The summed E-state index contributed by atoms with van der Waals surface area (Å²) >= 11 is 0. The lowest BCUT2D eigenvalue weighted by atomic mass is 10.0. The number of fused-ring (bicyclic) bond motifs is 1. The monoisotopic (exact) mass is 280 g/mol. The summed E-state index contributed by atoms with van der Waals surface area (Å²) in [5.41, 5.74) is 5.05. The minimum Gasteiger partial charge on any atom is -0.326 e. The van der Waals surface area contributed by atoms with E-state index in [-0.39, 0.29) is 11.8 Å². The molecule has 0 radical (unpaired) electrons. The Morgan fingerprint density at radius 1 is 1.19 bits per heavy atom. The van der Waals surface area contributed by atoms with Crippen molar-refractivity contribution < 1.29 is 9.59 Å². The van der Waals surface area contributed by atoms with Crippen LogP contribution in [0.5, 0.6) is 0 Å². The van der Waals surface area contributed by atoms with Crippen molar-refractivity contribution in [2.24, 2.45) is 0 Å². The maximum atomic E-state index is 11.4. The Kier molecular flexibility index (Phi) is 3.44. The van der Waals surface area contributed by atoms with Gasteiger partial charge in [-0.2, -0.15) is 0 Å². The van der Waals surface area contributed by atoms with Crippen LogP contribution in [-0.2, 0) is 22.4 Å². The second kappa shape index (κ2) is 5.40. The third kappa shape index (κ3) is 3.11. The van der Waals surface area contributed by atoms with Gasteiger partial charge in [-0.25, -0.2) is 0 Å². The smallest absolute Gasteiger partial charge is 0.228 e. The molecule has 1 aliphatic rings. The predicted octanol–water partition coefficient (Wildman–Crippen LogP) is 2.73. The van der Waals surface area contributed by atoms with Gasteiger partial charge < -0.3 is 10.6 Å². The molecule has 0 atom stereocenters. The minimum atomic E-state index is -0.0748. The normalized spacial score (nSPS) is 12.7. The summed E-state index contributed by atoms with van der Waals surface area (Å²) in [5.74, 6) is -0.0240. The van der Waals surface area contributed by atoms with Gasteiger partial charge in [0.05, 0.1) is 6.42 Å². The van der Waals surface area contributed by atoms with Crippen molar-refractivity contribution in [1.82, 2.24) is 0 Å². The zero-order valence-corrected chi connectivity index (χ0v) is 11.8. The Morgan fingerprint density at radius 3 is 2.81 bits per heavy atom. The second-order valence-corrected chi connectivity index (χ2v) is 5.27. The van der Waals surface area contributed by atoms with Gasteiger partial charge in [0.25, 0.3) is 0 Å². The van der Waals surface area contributed by atoms with Crippen molar-refractivity contribution in [2.45, 2.75) is 19.8 Å². The molecular weight excluding hydrogens is 264 g/mol. The number of hydrogen-bond acceptors (Lipinski definition) is 2. The molecule has 0 saturated carbocycles. The van der Waals surface area contributed by atoms with Gasteiger partial charge in [-0.1, -0.05) is 24.3 Å². The van der Waals surface area contributed by atoms with E-state index in [1.54, 1.807) is 0 Å². The number of rotatable bonds is 3. The zero-order valence-electron chi connectivity index (χ0n) is 11.8. The predicted molar refractivity (Wildman–Crippen MR) is 82.3 cm³/mol. The Morgan fingerprint density at radius 2 is 2.00 bits per heavy atom. The number of anilines is 2. The maximum absolute atomic E-state index is 11.4. The molecule has 0 fully saturated rings. The van der Waals surface area contributed by atoms with Crippen LogP contribution in [0.1, 0.15) is 23.6 Å². The van der Waals surface area contributed by atoms with Crippen molar-refractivity contribution in [2.75, 3.05) is 10.6 Å². The summed E-state index contributed by atoms with van der Waals surface area (Å²) in [7, 11) is 0. The largest absolute Gasteiger partial charge is 0.326 e. The van der Waals surface area contributed by atoms with Gasteiger partial charge in [0.15, 0.2) is 0 Å². The van der Waals surface area contributed by atoms with Crippen LogP contribution >= 0.6 is 0 Å². The maximum Gasteiger partial charge on any atom is 0.228 e. The van der Waals surface area contributed by atoms with Crippen molar-refractivity contribution >= 4 is 23.2 Å². The molecule has 0 aliphatic carbocycles. The third-order valence-electron chi connectivity index (χ3n) is 3.45. The standard InChI is InChI=1S/C17H16N2O2/c1-11(20)18-15-4-2-3-12(9-15)7-13-5-6-16-14(8-13)10-17(21)19-16/h2-6,8-9H,7,10H2,1H3,(H,18,20)(H,19,21). The zero-order chi connectivity index (χ0) is 14.8. The van der Waals surface area contributed by atoms with Crippen LogP contribution in [-0.4, -0.2) is 11.8 Å². The van der Waals surface area contributed by atoms with Gasteiger partial charge in [0.2, 0.25) is 11.8 Å².